The number of aliphatic hydroxyl groups excluding tert-OH is 1. The van der Waals surface area contributed by atoms with E-state index in [1.165, 1.54) is 6.92 Å². The molecule has 0 spiro atoms. The smallest absolute Gasteiger partial charge is 0.327 e. The number of aliphatic hydroxyl groups is 1. The summed E-state index contributed by atoms with van der Waals surface area (Å²) in [7, 11) is -3.24. The van der Waals surface area contributed by atoms with Gasteiger partial charge in [0.25, 0.3) is 0 Å². The number of carboxylic acid groups (broad SMARTS) is 1. The van der Waals surface area contributed by atoms with E-state index in [1.54, 1.807) is 0 Å². The minimum atomic E-state index is -3.24. The van der Waals surface area contributed by atoms with E-state index in [9.17, 15) is 23.1 Å². The number of nitrogens with one attached hydrogen (secondary N) is 1. The van der Waals surface area contributed by atoms with Crippen molar-refractivity contribution in [3.05, 3.63) is 0 Å². The molecule has 1 aliphatic heterocycles. The van der Waals surface area contributed by atoms with Crippen LogP contribution in [0.4, 0.5) is 0 Å². The van der Waals surface area contributed by atoms with Gasteiger partial charge in [-0.1, -0.05) is 0 Å². The topological polar surface area (TPSA) is 121 Å². The van der Waals surface area contributed by atoms with Gasteiger partial charge in [-0.25, -0.2) is 13.2 Å². The van der Waals surface area contributed by atoms with Gasteiger partial charge >= 0.3 is 5.97 Å². The number of thioether (sulfide) groups is 1. The van der Waals surface area contributed by atoms with Crippen molar-refractivity contribution in [1.29, 1.82) is 0 Å². The predicted molar refractivity (Wildman–Crippen MR) is 66.1 cm³/mol. The maximum Gasteiger partial charge on any atom is 0.327 e. The molecule has 0 aromatic rings. The van der Waals surface area contributed by atoms with Crippen molar-refractivity contribution in [2.45, 2.75) is 24.3 Å². The second-order valence-electron chi connectivity index (χ2n) is 4.11. The van der Waals surface area contributed by atoms with Crippen LogP contribution in [0.1, 0.15) is 6.92 Å². The maximum absolute atomic E-state index is 11.2. The Balaban J connectivity index is 2.53. The van der Waals surface area contributed by atoms with Gasteiger partial charge in [0.05, 0.1) is 17.6 Å². The van der Waals surface area contributed by atoms with Crippen LogP contribution in [0.25, 0.3) is 0 Å². The molecule has 3 atom stereocenters. The average Bonchev–Trinajstić information content (AvgIpc) is 2.45. The van der Waals surface area contributed by atoms with E-state index in [4.69, 9.17) is 5.11 Å². The Morgan fingerprint density at radius 2 is 2.06 bits per heavy atom. The van der Waals surface area contributed by atoms with Crippen LogP contribution in [-0.2, 0) is 19.4 Å². The summed E-state index contributed by atoms with van der Waals surface area (Å²) in [5.41, 5.74) is 0. The molecule has 3 N–H and O–H groups in total. The van der Waals surface area contributed by atoms with Crippen LogP contribution >= 0.6 is 11.8 Å². The lowest BCUT2D eigenvalue weighted by Gasteiger charge is -2.16. The molecule has 9 heteroatoms. The summed E-state index contributed by atoms with van der Waals surface area (Å²) < 4.78 is 22.5. The molecule has 1 rings (SSSR count). The molecular formula is C9H15NO6S2. The number of rotatable bonds is 5. The normalized spacial score (nSPS) is 27.7. The number of hydrogen-bond acceptors (Lipinski definition) is 6. The van der Waals surface area contributed by atoms with Crippen LogP contribution < -0.4 is 5.32 Å². The zero-order chi connectivity index (χ0) is 13.9. The van der Waals surface area contributed by atoms with Crippen molar-refractivity contribution in [3.63, 3.8) is 0 Å². The van der Waals surface area contributed by atoms with E-state index < -0.39 is 39.1 Å². The SMILES string of the molecule is CC(=O)NC(CSC1CS(=O)(=O)CC1O)C(=O)O. The summed E-state index contributed by atoms with van der Waals surface area (Å²) in [6.45, 7) is 1.20. The summed E-state index contributed by atoms with van der Waals surface area (Å²) in [4.78, 5) is 21.6. The number of amides is 1. The van der Waals surface area contributed by atoms with Crippen molar-refractivity contribution in [1.82, 2.24) is 5.32 Å². The molecule has 0 aromatic heterocycles. The molecule has 0 aromatic carbocycles. The van der Waals surface area contributed by atoms with E-state index in [0.717, 1.165) is 11.8 Å². The first-order valence-corrected chi connectivity index (χ1v) is 8.08. The third-order valence-electron chi connectivity index (χ3n) is 2.42. The molecule has 1 saturated heterocycles. The lowest BCUT2D eigenvalue weighted by Crippen LogP contribution is -2.42. The first-order valence-electron chi connectivity index (χ1n) is 5.21. The van der Waals surface area contributed by atoms with Gasteiger partial charge in [-0.15, -0.1) is 0 Å². The number of aliphatic carboxylic acids is 1. The molecule has 0 saturated carbocycles. The Hall–Kier alpha value is -0.800. The Labute approximate surface area is 109 Å². The van der Waals surface area contributed by atoms with Crippen LogP contribution in [0, 0.1) is 0 Å². The maximum atomic E-state index is 11.2. The van der Waals surface area contributed by atoms with Crippen LogP contribution in [0.2, 0.25) is 0 Å². The van der Waals surface area contributed by atoms with E-state index in [2.05, 4.69) is 5.32 Å². The Bertz CT molecular complexity index is 434. The Kier molecular flexibility index (Phi) is 5.00. The Morgan fingerprint density at radius 3 is 2.44 bits per heavy atom. The highest BCUT2D eigenvalue weighted by Crippen LogP contribution is 2.25. The molecule has 1 heterocycles. The first kappa shape index (κ1) is 15.3. The van der Waals surface area contributed by atoms with Crippen molar-refractivity contribution in [2.75, 3.05) is 17.3 Å². The minimum Gasteiger partial charge on any atom is -0.480 e. The van der Waals surface area contributed by atoms with Gasteiger partial charge in [-0.05, 0) is 0 Å². The number of carboxylic acids is 1. The molecule has 18 heavy (non-hydrogen) atoms. The largest absolute Gasteiger partial charge is 0.480 e. The van der Waals surface area contributed by atoms with Gasteiger partial charge in [0, 0.05) is 17.9 Å². The summed E-state index contributed by atoms with van der Waals surface area (Å²) in [5.74, 6) is -2.09. The predicted octanol–water partition coefficient (Wildman–Crippen LogP) is -1.53. The lowest BCUT2D eigenvalue weighted by molar-refractivity contribution is -0.140. The first-order chi connectivity index (χ1) is 8.21. The van der Waals surface area contributed by atoms with Gasteiger partial charge < -0.3 is 15.5 Å². The summed E-state index contributed by atoms with van der Waals surface area (Å²) in [6.07, 6.45) is -0.980. The second-order valence-corrected chi connectivity index (χ2v) is 7.53. The third-order valence-corrected chi connectivity index (χ3v) is 5.79. The van der Waals surface area contributed by atoms with E-state index in [0.29, 0.717) is 0 Å². The van der Waals surface area contributed by atoms with Crippen molar-refractivity contribution < 1.29 is 28.2 Å². The minimum absolute atomic E-state index is 0.0200. The van der Waals surface area contributed by atoms with Gasteiger partial charge in [-0.3, -0.25) is 4.79 Å². The fourth-order valence-corrected chi connectivity index (χ4v) is 5.32. The highest BCUT2D eigenvalue weighted by molar-refractivity contribution is 8.02. The highest BCUT2D eigenvalue weighted by atomic mass is 32.2. The molecular weight excluding hydrogens is 282 g/mol. The van der Waals surface area contributed by atoms with Crippen LogP contribution in [0.5, 0.6) is 0 Å². The standard InChI is InChI=1S/C9H15NO6S2/c1-5(11)10-6(9(13)14)2-17-8-4-18(15,16)3-7(8)12/h6-8,12H,2-4H2,1H3,(H,10,11)(H,13,14). The quantitative estimate of drug-likeness (QED) is 0.562. The van der Waals surface area contributed by atoms with Gasteiger partial charge in [0.1, 0.15) is 6.04 Å². The average molecular weight is 297 g/mol. The van der Waals surface area contributed by atoms with E-state index >= 15 is 0 Å². The van der Waals surface area contributed by atoms with Gasteiger partial charge in [0.15, 0.2) is 9.84 Å². The van der Waals surface area contributed by atoms with Crippen LogP contribution in [0.3, 0.4) is 0 Å². The monoisotopic (exact) mass is 297 g/mol. The molecule has 3 unspecified atom stereocenters. The zero-order valence-electron chi connectivity index (χ0n) is 9.70. The molecule has 7 nitrogen and oxygen atoms in total. The van der Waals surface area contributed by atoms with E-state index in [1.807, 2.05) is 0 Å². The van der Waals surface area contributed by atoms with Crippen molar-refractivity contribution in [2.24, 2.45) is 0 Å². The molecule has 0 bridgehead atoms. The molecule has 0 radical (unpaired) electrons. The molecule has 104 valence electrons. The summed E-state index contributed by atoms with van der Waals surface area (Å²) in [5, 5.41) is 20.1. The van der Waals surface area contributed by atoms with Gasteiger partial charge in [-0.2, -0.15) is 11.8 Å². The van der Waals surface area contributed by atoms with E-state index in [-0.39, 0.29) is 17.3 Å². The summed E-state index contributed by atoms with van der Waals surface area (Å²) in [6, 6.07) is -1.08. The number of carbonyl (C=O) groups is 2. The Morgan fingerprint density at radius 1 is 1.44 bits per heavy atom. The van der Waals surface area contributed by atoms with Crippen molar-refractivity contribution >= 4 is 33.5 Å². The highest BCUT2D eigenvalue weighted by Gasteiger charge is 2.37. The zero-order valence-corrected chi connectivity index (χ0v) is 11.3. The molecule has 1 fully saturated rings. The number of hydrogen-bond donors (Lipinski definition) is 3. The number of sulfone groups is 1. The fraction of sp³-hybridized carbons (Fsp3) is 0.778. The van der Waals surface area contributed by atoms with Crippen LogP contribution in [-0.4, -0.2) is 65.2 Å². The van der Waals surface area contributed by atoms with Gasteiger partial charge in [0.2, 0.25) is 5.91 Å². The third kappa shape index (κ3) is 4.46. The molecule has 1 amide bonds. The lowest BCUT2D eigenvalue weighted by atomic mass is 10.3. The summed E-state index contributed by atoms with van der Waals surface area (Å²) >= 11 is 1.05. The number of carbonyl (C=O) groups excluding carboxylic acids is 1. The second kappa shape index (κ2) is 5.89. The molecule has 1 aliphatic rings. The van der Waals surface area contributed by atoms with Crippen LogP contribution in [0.15, 0.2) is 0 Å². The fourth-order valence-electron chi connectivity index (χ4n) is 1.60. The molecule has 0 aliphatic carbocycles. The van der Waals surface area contributed by atoms with Crippen molar-refractivity contribution in [3.8, 4) is 0 Å².